The Kier molecular flexibility index (Phi) is 7.56. The van der Waals surface area contributed by atoms with E-state index in [1.54, 1.807) is 24.4 Å². The summed E-state index contributed by atoms with van der Waals surface area (Å²) in [4.78, 5) is 30.4. The van der Waals surface area contributed by atoms with Crippen molar-refractivity contribution >= 4 is 17.8 Å². The lowest BCUT2D eigenvalue weighted by molar-refractivity contribution is -0.150. The van der Waals surface area contributed by atoms with Crippen LogP contribution in [-0.2, 0) is 23.8 Å². The molecule has 0 N–H and O–H groups in total. The van der Waals surface area contributed by atoms with Gasteiger partial charge in [0.15, 0.2) is 6.10 Å². The highest BCUT2D eigenvalue weighted by Crippen LogP contribution is 2.58. The van der Waals surface area contributed by atoms with Crippen molar-refractivity contribution in [3.8, 4) is 0 Å². The van der Waals surface area contributed by atoms with Crippen molar-refractivity contribution < 1.29 is 28.2 Å². The maximum Gasteiger partial charge on any atom is 0.306 e. The molecule has 4 heterocycles. The summed E-state index contributed by atoms with van der Waals surface area (Å²) < 4.78 is 33.5. The van der Waals surface area contributed by atoms with Gasteiger partial charge in [0.2, 0.25) is 0 Å². The van der Waals surface area contributed by atoms with Crippen molar-refractivity contribution in [2.75, 3.05) is 6.61 Å². The third kappa shape index (κ3) is 5.98. The number of fused-ring (bicyclic) bond motifs is 1. The van der Waals surface area contributed by atoms with Crippen molar-refractivity contribution in [3.05, 3.63) is 35.9 Å². The van der Waals surface area contributed by atoms with Gasteiger partial charge in [0, 0.05) is 37.3 Å². The largest absolute Gasteiger partial charge is 0.455 e. The molecule has 1 aromatic rings. The monoisotopic (exact) mass is 513 g/mol. The van der Waals surface area contributed by atoms with E-state index in [0.29, 0.717) is 37.5 Å². The summed E-state index contributed by atoms with van der Waals surface area (Å²) >= 11 is 0. The Balaban J connectivity index is 1.40. The lowest BCUT2D eigenvalue weighted by atomic mass is 9.62. The summed E-state index contributed by atoms with van der Waals surface area (Å²) in [5.74, 6) is -0.266. The molecule has 4 aliphatic rings. The van der Waals surface area contributed by atoms with Crippen molar-refractivity contribution in [1.29, 1.82) is 0 Å². The summed E-state index contributed by atoms with van der Waals surface area (Å²) in [7, 11) is 0. The van der Waals surface area contributed by atoms with Gasteiger partial charge in [-0.15, -0.1) is 0 Å². The molecule has 3 aliphatic heterocycles. The Hall–Kier alpha value is -2.12. The van der Waals surface area contributed by atoms with Crippen LogP contribution in [0.15, 0.2) is 30.2 Å². The molecule has 1 aliphatic carbocycles. The van der Waals surface area contributed by atoms with Crippen LogP contribution in [0.4, 0.5) is 4.39 Å². The first-order chi connectivity index (χ1) is 17.7. The molecule has 4 fully saturated rings. The van der Waals surface area contributed by atoms with Crippen LogP contribution in [0.1, 0.15) is 96.6 Å². The zero-order valence-electron chi connectivity index (χ0n) is 22.2. The fourth-order valence-corrected chi connectivity index (χ4v) is 6.43. The molecule has 202 valence electrons. The number of halogens is 1. The van der Waals surface area contributed by atoms with Crippen LogP contribution in [0.3, 0.4) is 0 Å². The van der Waals surface area contributed by atoms with Gasteiger partial charge in [0.25, 0.3) is 0 Å². The molecule has 5 rings (SSSR count). The predicted molar refractivity (Wildman–Crippen MR) is 137 cm³/mol. The molecule has 37 heavy (non-hydrogen) atoms. The SMILES string of the molecule is CC1CCCC2(C)OC2(CC2CO2)CC(C(F)=Cc2ccccn2)OC(=O)CCC2(CCC2)C(=O)CC1. The Labute approximate surface area is 219 Å². The van der Waals surface area contributed by atoms with Crippen LogP contribution >= 0.6 is 0 Å². The third-order valence-corrected chi connectivity index (χ3v) is 9.30. The number of aromatic nitrogens is 1. The molecule has 1 saturated carbocycles. The van der Waals surface area contributed by atoms with Gasteiger partial charge in [-0.2, -0.15) is 0 Å². The van der Waals surface area contributed by atoms with E-state index in [-0.39, 0.29) is 24.7 Å². The van der Waals surface area contributed by atoms with E-state index >= 15 is 4.39 Å². The Bertz CT molecular complexity index is 1020. The molecule has 0 amide bonds. The molecule has 1 spiro atoms. The van der Waals surface area contributed by atoms with E-state index < -0.39 is 34.5 Å². The fraction of sp³-hybridized carbons (Fsp3) is 0.700. The molecular weight excluding hydrogens is 473 g/mol. The van der Waals surface area contributed by atoms with Crippen molar-refractivity contribution in [2.45, 2.75) is 114 Å². The molecule has 3 saturated heterocycles. The zero-order chi connectivity index (χ0) is 26.1. The highest BCUT2D eigenvalue weighted by molar-refractivity contribution is 5.86. The Morgan fingerprint density at radius 2 is 1.95 bits per heavy atom. The number of ether oxygens (including phenoxy) is 3. The third-order valence-electron chi connectivity index (χ3n) is 9.30. The number of rotatable bonds is 4. The quantitative estimate of drug-likeness (QED) is 0.356. The van der Waals surface area contributed by atoms with E-state index in [1.807, 2.05) is 0 Å². The molecule has 0 aromatic carbocycles. The maximum absolute atomic E-state index is 15.7. The highest BCUT2D eigenvalue weighted by atomic mass is 19.1. The van der Waals surface area contributed by atoms with Gasteiger partial charge in [-0.3, -0.25) is 14.6 Å². The predicted octanol–water partition coefficient (Wildman–Crippen LogP) is 6.13. The number of Topliss-reactive ketones (excluding diaryl/α,β-unsaturated/α-hetero) is 1. The van der Waals surface area contributed by atoms with Gasteiger partial charge >= 0.3 is 5.97 Å². The number of hydrogen-bond acceptors (Lipinski definition) is 6. The molecule has 0 bridgehead atoms. The van der Waals surface area contributed by atoms with E-state index in [1.165, 1.54) is 6.08 Å². The normalized spacial score (nSPS) is 36.8. The number of cyclic esters (lactones) is 1. The lowest BCUT2D eigenvalue weighted by Crippen LogP contribution is -2.39. The first-order valence-corrected chi connectivity index (χ1v) is 14.1. The van der Waals surface area contributed by atoms with E-state index in [0.717, 1.165) is 44.9 Å². The van der Waals surface area contributed by atoms with Crippen LogP contribution in [-0.4, -0.2) is 46.8 Å². The topological polar surface area (TPSA) is 81.3 Å². The Morgan fingerprint density at radius 1 is 1.14 bits per heavy atom. The molecule has 7 heteroatoms. The highest BCUT2D eigenvalue weighted by Gasteiger charge is 2.68. The lowest BCUT2D eigenvalue weighted by Gasteiger charge is -2.40. The van der Waals surface area contributed by atoms with Gasteiger partial charge in [0.05, 0.1) is 24.0 Å². The van der Waals surface area contributed by atoms with E-state index in [9.17, 15) is 9.59 Å². The van der Waals surface area contributed by atoms with Gasteiger partial charge in [-0.05, 0) is 63.2 Å². The zero-order valence-corrected chi connectivity index (χ0v) is 22.2. The number of carbonyl (C=O) groups excluding carboxylic acids is 2. The number of esters is 1. The molecule has 6 nitrogen and oxygen atoms in total. The minimum Gasteiger partial charge on any atom is -0.455 e. The van der Waals surface area contributed by atoms with Gasteiger partial charge < -0.3 is 14.2 Å². The van der Waals surface area contributed by atoms with E-state index in [2.05, 4.69) is 18.8 Å². The van der Waals surface area contributed by atoms with Crippen LogP contribution in [0.5, 0.6) is 0 Å². The van der Waals surface area contributed by atoms with Crippen molar-refractivity contribution in [2.24, 2.45) is 11.3 Å². The second kappa shape index (κ2) is 10.6. The molecule has 0 radical (unpaired) electrons. The summed E-state index contributed by atoms with van der Waals surface area (Å²) in [5.41, 5.74) is -0.955. The summed E-state index contributed by atoms with van der Waals surface area (Å²) in [6.45, 7) is 4.99. The average Bonchev–Trinajstić information content (AvgIpc) is 3.75. The molecule has 5 unspecified atom stereocenters. The first kappa shape index (κ1) is 26.5. The van der Waals surface area contributed by atoms with Gasteiger partial charge in [-0.25, -0.2) is 4.39 Å². The summed E-state index contributed by atoms with van der Waals surface area (Å²) in [5, 5.41) is 0. The fourth-order valence-electron chi connectivity index (χ4n) is 6.43. The number of ketones is 1. The van der Waals surface area contributed by atoms with Crippen LogP contribution in [0.25, 0.3) is 6.08 Å². The maximum atomic E-state index is 15.7. The minimum atomic E-state index is -1.07. The van der Waals surface area contributed by atoms with Crippen molar-refractivity contribution in [1.82, 2.24) is 4.98 Å². The summed E-state index contributed by atoms with van der Waals surface area (Å²) in [6.07, 6.45) is 10.5. The second-order valence-electron chi connectivity index (χ2n) is 12.0. The van der Waals surface area contributed by atoms with Crippen LogP contribution in [0.2, 0.25) is 0 Å². The van der Waals surface area contributed by atoms with Crippen molar-refractivity contribution in [3.63, 3.8) is 0 Å². The Morgan fingerprint density at radius 3 is 2.62 bits per heavy atom. The number of epoxide rings is 2. The van der Waals surface area contributed by atoms with Gasteiger partial charge in [0.1, 0.15) is 17.2 Å². The molecule has 5 atom stereocenters. The van der Waals surface area contributed by atoms with Crippen LogP contribution < -0.4 is 0 Å². The smallest absolute Gasteiger partial charge is 0.306 e. The van der Waals surface area contributed by atoms with E-state index in [4.69, 9.17) is 14.2 Å². The second-order valence-corrected chi connectivity index (χ2v) is 12.0. The molecular formula is C30H40FNO5. The number of hydrogen-bond donors (Lipinski definition) is 0. The average molecular weight is 514 g/mol. The molecule has 1 aromatic heterocycles. The number of carbonyl (C=O) groups is 2. The standard InChI is InChI=1S/C30H40FNO5/c1-21-7-5-12-28(2)30(37-28,18-23-20-35-23)19-25(24(31)17-22-8-3-4-16-32-22)36-27(34)11-15-29(13-6-14-29)26(33)10-9-21/h3-4,8,16-17,21,23,25H,5-7,9-15,18-20H2,1-2H3. The van der Waals surface area contributed by atoms with Crippen LogP contribution in [0, 0.1) is 11.3 Å². The van der Waals surface area contributed by atoms with Gasteiger partial charge in [-0.1, -0.05) is 32.3 Å². The summed E-state index contributed by atoms with van der Waals surface area (Å²) in [6, 6.07) is 5.28. The minimum absolute atomic E-state index is 0.106. The first-order valence-electron chi connectivity index (χ1n) is 14.1. The number of nitrogens with zero attached hydrogens (tertiary/aromatic N) is 1. The number of pyridine rings is 1.